The highest BCUT2D eigenvalue weighted by Crippen LogP contribution is 2.21. The Bertz CT molecular complexity index is 624. The van der Waals surface area contributed by atoms with E-state index in [0.717, 1.165) is 17.1 Å². The number of benzene rings is 1. The van der Waals surface area contributed by atoms with Gasteiger partial charge >= 0.3 is 5.97 Å². The van der Waals surface area contributed by atoms with Crippen molar-refractivity contribution < 1.29 is 9.90 Å². The van der Waals surface area contributed by atoms with Crippen LogP contribution in [0.4, 0.5) is 0 Å². The average Bonchev–Trinajstić information content (AvgIpc) is 2.63. The molecule has 2 rings (SSSR count). The highest BCUT2D eigenvalue weighted by molar-refractivity contribution is 5.86. The molecule has 0 aliphatic rings. The van der Waals surface area contributed by atoms with Gasteiger partial charge in [-0.05, 0) is 29.7 Å². The summed E-state index contributed by atoms with van der Waals surface area (Å²) in [5.41, 5.74) is 3.13. The maximum atomic E-state index is 10.5. The third kappa shape index (κ3) is 2.27. The highest BCUT2D eigenvalue weighted by atomic mass is 16.4. The molecule has 1 heterocycles. The first-order chi connectivity index (χ1) is 8.49. The van der Waals surface area contributed by atoms with E-state index in [9.17, 15) is 4.79 Å². The van der Waals surface area contributed by atoms with Gasteiger partial charge in [-0.15, -0.1) is 0 Å². The quantitative estimate of drug-likeness (QED) is 0.845. The number of aromatic nitrogens is 2. The summed E-state index contributed by atoms with van der Waals surface area (Å²) in [6, 6.07) is 6.16. The zero-order valence-corrected chi connectivity index (χ0v) is 10.7. The van der Waals surface area contributed by atoms with Crippen molar-refractivity contribution in [3.63, 3.8) is 0 Å². The minimum Gasteiger partial charge on any atom is -0.478 e. The summed E-state index contributed by atoms with van der Waals surface area (Å²) >= 11 is 0. The van der Waals surface area contributed by atoms with Crippen molar-refractivity contribution in [1.29, 1.82) is 0 Å². The number of rotatable bonds is 3. The van der Waals surface area contributed by atoms with Gasteiger partial charge in [-0.25, -0.2) is 9.78 Å². The summed E-state index contributed by atoms with van der Waals surface area (Å²) < 4.78 is 1.89. The van der Waals surface area contributed by atoms with Crippen LogP contribution in [-0.4, -0.2) is 20.6 Å². The molecular formula is C14H16N2O2. The standard InChI is InChI=1S/C14H16N2O2/c1-9(2)10-4-5-12-11(8-10)15-13(16(12)3)6-7-14(17)18/h4-9H,1-3H3,(H,17,18)/b7-6+. The normalized spacial score (nSPS) is 11.8. The average molecular weight is 244 g/mol. The maximum absolute atomic E-state index is 10.5. The summed E-state index contributed by atoms with van der Waals surface area (Å²) in [7, 11) is 1.88. The number of imidazole rings is 1. The lowest BCUT2D eigenvalue weighted by Crippen LogP contribution is -1.93. The van der Waals surface area contributed by atoms with Gasteiger partial charge in [-0.1, -0.05) is 19.9 Å². The molecule has 18 heavy (non-hydrogen) atoms. The van der Waals surface area contributed by atoms with Crippen molar-refractivity contribution in [2.24, 2.45) is 7.05 Å². The topological polar surface area (TPSA) is 55.1 Å². The molecule has 1 aromatic heterocycles. The molecule has 2 aromatic rings. The molecule has 0 aliphatic carbocycles. The van der Waals surface area contributed by atoms with Crippen LogP contribution in [0.15, 0.2) is 24.3 Å². The molecule has 0 unspecified atom stereocenters. The van der Waals surface area contributed by atoms with Crippen LogP contribution in [0.3, 0.4) is 0 Å². The number of fused-ring (bicyclic) bond motifs is 1. The zero-order valence-electron chi connectivity index (χ0n) is 10.7. The molecule has 0 amide bonds. The summed E-state index contributed by atoms with van der Waals surface area (Å²) in [5, 5.41) is 8.63. The van der Waals surface area contributed by atoms with E-state index in [1.807, 2.05) is 17.7 Å². The van der Waals surface area contributed by atoms with E-state index in [1.165, 1.54) is 11.6 Å². The molecular weight excluding hydrogens is 228 g/mol. The fraction of sp³-hybridized carbons (Fsp3) is 0.286. The van der Waals surface area contributed by atoms with E-state index in [2.05, 4.69) is 31.0 Å². The molecule has 0 saturated heterocycles. The molecule has 4 heteroatoms. The number of carboxylic acid groups (broad SMARTS) is 1. The van der Waals surface area contributed by atoms with Crippen molar-refractivity contribution in [1.82, 2.24) is 9.55 Å². The molecule has 0 saturated carbocycles. The Hall–Kier alpha value is -2.10. The fourth-order valence-corrected chi connectivity index (χ4v) is 1.89. The molecule has 1 aromatic carbocycles. The Morgan fingerprint density at radius 1 is 1.44 bits per heavy atom. The second-order valence-electron chi connectivity index (χ2n) is 4.60. The van der Waals surface area contributed by atoms with Gasteiger partial charge in [0.1, 0.15) is 5.82 Å². The van der Waals surface area contributed by atoms with Crippen molar-refractivity contribution in [3.05, 3.63) is 35.7 Å². The van der Waals surface area contributed by atoms with Crippen molar-refractivity contribution in [2.45, 2.75) is 19.8 Å². The van der Waals surface area contributed by atoms with Gasteiger partial charge in [0.05, 0.1) is 11.0 Å². The number of aryl methyl sites for hydroxylation is 1. The second kappa shape index (κ2) is 4.64. The van der Waals surface area contributed by atoms with Crippen LogP contribution in [0.25, 0.3) is 17.1 Å². The second-order valence-corrected chi connectivity index (χ2v) is 4.60. The lowest BCUT2D eigenvalue weighted by molar-refractivity contribution is -0.131. The largest absolute Gasteiger partial charge is 0.478 e. The smallest absolute Gasteiger partial charge is 0.328 e. The number of carbonyl (C=O) groups is 1. The van der Waals surface area contributed by atoms with Crippen molar-refractivity contribution >= 4 is 23.1 Å². The van der Waals surface area contributed by atoms with Crippen LogP contribution in [0.5, 0.6) is 0 Å². The zero-order chi connectivity index (χ0) is 13.3. The maximum Gasteiger partial charge on any atom is 0.328 e. The van der Waals surface area contributed by atoms with Crippen molar-refractivity contribution in [2.75, 3.05) is 0 Å². The first-order valence-corrected chi connectivity index (χ1v) is 5.86. The Balaban J connectivity index is 2.52. The molecule has 0 aliphatic heterocycles. The molecule has 0 bridgehead atoms. The Morgan fingerprint density at radius 3 is 2.78 bits per heavy atom. The first-order valence-electron chi connectivity index (χ1n) is 5.86. The molecule has 0 radical (unpaired) electrons. The minimum atomic E-state index is -0.968. The lowest BCUT2D eigenvalue weighted by atomic mass is 10.0. The summed E-state index contributed by atoms with van der Waals surface area (Å²) in [6.07, 6.45) is 2.61. The van der Waals surface area contributed by atoms with Gasteiger partial charge < -0.3 is 9.67 Å². The van der Waals surface area contributed by atoms with Gasteiger partial charge in [-0.3, -0.25) is 0 Å². The molecule has 0 spiro atoms. The van der Waals surface area contributed by atoms with Crippen LogP contribution in [0.2, 0.25) is 0 Å². The fourth-order valence-electron chi connectivity index (χ4n) is 1.89. The first kappa shape index (κ1) is 12.4. The molecule has 4 nitrogen and oxygen atoms in total. The van der Waals surface area contributed by atoms with Gasteiger partial charge in [0.15, 0.2) is 0 Å². The van der Waals surface area contributed by atoms with Crippen LogP contribution >= 0.6 is 0 Å². The van der Waals surface area contributed by atoms with E-state index in [4.69, 9.17) is 5.11 Å². The molecule has 0 fully saturated rings. The molecule has 1 N–H and O–H groups in total. The minimum absolute atomic E-state index is 0.453. The van der Waals surface area contributed by atoms with Gasteiger partial charge in [0.2, 0.25) is 0 Å². The third-order valence-corrected chi connectivity index (χ3v) is 2.98. The van der Waals surface area contributed by atoms with E-state index in [-0.39, 0.29) is 0 Å². The number of nitrogens with zero attached hydrogens (tertiary/aromatic N) is 2. The number of carboxylic acids is 1. The van der Waals surface area contributed by atoms with Crippen molar-refractivity contribution in [3.8, 4) is 0 Å². The third-order valence-electron chi connectivity index (χ3n) is 2.98. The van der Waals surface area contributed by atoms with Crippen LogP contribution in [0.1, 0.15) is 31.2 Å². The predicted octanol–water partition coefficient (Wildman–Crippen LogP) is 2.79. The Labute approximate surface area is 106 Å². The van der Waals surface area contributed by atoms with Crippen LogP contribution in [-0.2, 0) is 11.8 Å². The van der Waals surface area contributed by atoms with E-state index >= 15 is 0 Å². The molecule has 0 atom stereocenters. The van der Waals surface area contributed by atoms with Gasteiger partial charge in [-0.2, -0.15) is 0 Å². The number of aliphatic carboxylic acids is 1. The predicted molar refractivity (Wildman–Crippen MR) is 71.5 cm³/mol. The molecule has 94 valence electrons. The number of hydrogen-bond acceptors (Lipinski definition) is 2. The summed E-state index contributed by atoms with van der Waals surface area (Å²) in [6.45, 7) is 4.27. The van der Waals surface area contributed by atoms with E-state index in [0.29, 0.717) is 11.7 Å². The van der Waals surface area contributed by atoms with E-state index < -0.39 is 5.97 Å². The highest BCUT2D eigenvalue weighted by Gasteiger charge is 2.07. The number of hydrogen-bond donors (Lipinski definition) is 1. The Kier molecular flexibility index (Phi) is 3.19. The summed E-state index contributed by atoms with van der Waals surface area (Å²) in [4.78, 5) is 15.0. The monoisotopic (exact) mass is 244 g/mol. The Morgan fingerprint density at radius 2 is 2.17 bits per heavy atom. The van der Waals surface area contributed by atoms with Crippen LogP contribution < -0.4 is 0 Å². The SMILES string of the molecule is CC(C)c1ccc2c(c1)nc(/C=C/C(=O)O)n2C. The van der Waals surface area contributed by atoms with Gasteiger partial charge in [0, 0.05) is 13.1 Å². The lowest BCUT2D eigenvalue weighted by Gasteiger charge is -2.04. The summed E-state index contributed by atoms with van der Waals surface area (Å²) in [5.74, 6) is 0.132. The van der Waals surface area contributed by atoms with Gasteiger partial charge in [0.25, 0.3) is 0 Å². The van der Waals surface area contributed by atoms with E-state index in [1.54, 1.807) is 0 Å². The van der Waals surface area contributed by atoms with Crippen LogP contribution in [0, 0.1) is 0 Å².